The first-order valence-corrected chi connectivity index (χ1v) is 13.5. The van der Waals surface area contributed by atoms with Crippen molar-refractivity contribution in [2.45, 2.75) is 23.0 Å². The predicted octanol–water partition coefficient (Wildman–Crippen LogP) is 4.55. The fourth-order valence-electron chi connectivity index (χ4n) is 3.56. The van der Waals surface area contributed by atoms with Gasteiger partial charge in [0.1, 0.15) is 0 Å². The van der Waals surface area contributed by atoms with Crippen LogP contribution in [0.2, 0.25) is 0 Å². The van der Waals surface area contributed by atoms with Crippen LogP contribution in [0.15, 0.2) is 24.3 Å². The van der Waals surface area contributed by atoms with Crippen molar-refractivity contribution in [3.8, 4) is 0 Å². The summed E-state index contributed by atoms with van der Waals surface area (Å²) in [7, 11) is 0. The molecule has 0 radical (unpaired) electrons. The highest BCUT2D eigenvalue weighted by atomic mass is 32.2. The average molecular weight is 449 g/mol. The normalized spacial score (nSPS) is 11.5. The lowest BCUT2D eigenvalue weighted by atomic mass is 9.90. The molecule has 2 aromatic rings. The van der Waals surface area contributed by atoms with Crippen LogP contribution in [0.4, 0.5) is 0 Å². The van der Waals surface area contributed by atoms with E-state index < -0.39 is 0 Å². The first-order chi connectivity index (χ1) is 13.5. The zero-order valence-electron chi connectivity index (χ0n) is 15.9. The molecular formula is C20H24N4S4. The molecule has 4 nitrogen and oxygen atoms in total. The van der Waals surface area contributed by atoms with Gasteiger partial charge in [-0.1, -0.05) is 47.8 Å². The maximum Gasteiger partial charge on any atom is 0.151 e. The van der Waals surface area contributed by atoms with Crippen molar-refractivity contribution in [3.63, 3.8) is 0 Å². The van der Waals surface area contributed by atoms with E-state index in [2.05, 4.69) is 36.8 Å². The summed E-state index contributed by atoms with van der Waals surface area (Å²) in [5.41, 5.74) is 16.4. The molecule has 0 heterocycles. The van der Waals surface area contributed by atoms with E-state index in [4.69, 9.17) is 22.3 Å². The van der Waals surface area contributed by atoms with E-state index >= 15 is 0 Å². The molecule has 1 aliphatic carbocycles. The predicted molar refractivity (Wildman–Crippen MR) is 129 cm³/mol. The van der Waals surface area contributed by atoms with Crippen LogP contribution in [-0.2, 0) is 23.0 Å². The smallest absolute Gasteiger partial charge is 0.151 e. The van der Waals surface area contributed by atoms with Gasteiger partial charge in [0.05, 0.1) is 0 Å². The highest BCUT2D eigenvalue weighted by Gasteiger charge is 2.17. The number of fused-ring (bicyclic) bond motifs is 2. The molecule has 28 heavy (non-hydrogen) atoms. The van der Waals surface area contributed by atoms with Crippen LogP contribution < -0.4 is 11.5 Å². The summed E-state index contributed by atoms with van der Waals surface area (Å²) in [6.07, 6.45) is 4.27. The summed E-state index contributed by atoms with van der Waals surface area (Å²) >= 11 is 6.40. The SMILES string of the molecule is CSCc1ccc(CSC(=N)N)c2c1=c1c(CSC)ccc(CSC(=N)N)c1=2. The maximum atomic E-state index is 7.58. The zero-order valence-corrected chi connectivity index (χ0v) is 19.2. The van der Waals surface area contributed by atoms with Gasteiger partial charge in [0.15, 0.2) is 10.3 Å². The molecule has 0 bridgehead atoms. The lowest BCUT2D eigenvalue weighted by Crippen LogP contribution is -2.09. The average Bonchev–Trinajstić information content (AvgIpc) is 2.63. The van der Waals surface area contributed by atoms with Crippen molar-refractivity contribution in [2.75, 3.05) is 12.5 Å². The zero-order chi connectivity index (χ0) is 20.3. The van der Waals surface area contributed by atoms with E-state index in [0.717, 1.165) is 11.5 Å². The minimum Gasteiger partial charge on any atom is -0.379 e. The molecule has 3 rings (SSSR count). The van der Waals surface area contributed by atoms with Crippen molar-refractivity contribution in [2.24, 2.45) is 11.5 Å². The van der Waals surface area contributed by atoms with E-state index in [9.17, 15) is 0 Å². The second-order valence-corrected chi connectivity index (χ2v) is 10.2. The van der Waals surface area contributed by atoms with Crippen LogP contribution in [0.3, 0.4) is 0 Å². The number of hydrogen-bond donors (Lipinski definition) is 4. The van der Waals surface area contributed by atoms with Crippen molar-refractivity contribution in [3.05, 3.63) is 67.4 Å². The molecule has 0 spiro atoms. The molecule has 0 aliphatic heterocycles. The van der Waals surface area contributed by atoms with Gasteiger partial charge in [0.2, 0.25) is 0 Å². The molecule has 0 atom stereocenters. The number of amidine groups is 2. The van der Waals surface area contributed by atoms with Gasteiger partial charge in [0.25, 0.3) is 0 Å². The van der Waals surface area contributed by atoms with Gasteiger partial charge in [-0.25, -0.2) is 0 Å². The molecule has 0 saturated heterocycles. The molecule has 0 fully saturated rings. The Balaban J connectivity index is 2.30. The summed E-state index contributed by atoms with van der Waals surface area (Å²) in [6, 6.07) is 8.83. The van der Waals surface area contributed by atoms with Gasteiger partial charge in [-0.15, -0.1) is 0 Å². The van der Waals surface area contributed by atoms with Crippen LogP contribution in [0, 0.1) is 31.7 Å². The van der Waals surface area contributed by atoms with Gasteiger partial charge < -0.3 is 11.5 Å². The monoisotopic (exact) mass is 448 g/mol. The number of thioether (sulfide) groups is 4. The third-order valence-electron chi connectivity index (χ3n) is 4.62. The van der Waals surface area contributed by atoms with Gasteiger partial charge >= 0.3 is 0 Å². The molecule has 2 aromatic carbocycles. The Morgan fingerprint density at radius 2 is 0.929 bits per heavy atom. The Morgan fingerprint density at radius 3 is 1.18 bits per heavy atom. The fraction of sp³-hybridized carbons (Fsp3) is 0.300. The highest BCUT2D eigenvalue weighted by molar-refractivity contribution is 8.13. The summed E-state index contributed by atoms with van der Waals surface area (Å²) in [4.78, 5) is 0. The Hall–Kier alpha value is -1.22. The molecule has 0 aromatic heterocycles. The van der Waals surface area contributed by atoms with E-state index in [1.807, 2.05) is 23.5 Å². The molecule has 8 heteroatoms. The largest absolute Gasteiger partial charge is 0.379 e. The molecule has 1 aliphatic rings. The van der Waals surface area contributed by atoms with E-state index in [1.165, 1.54) is 66.7 Å². The van der Waals surface area contributed by atoms with Crippen LogP contribution in [0.1, 0.15) is 22.3 Å². The van der Waals surface area contributed by atoms with Crippen molar-refractivity contribution in [1.82, 2.24) is 0 Å². The van der Waals surface area contributed by atoms with Crippen molar-refractivity contribution in [1.29, 1.82) is 10.8 Å². The Labute approximate surface area is 182 Å². The van der Waals surface area contributed by atoms with Crippen LogP contribution in [0.5, 0.6) is 0 Å². The second-order valence-electron chi connectivity index (χ2n) is 6.44. The minimum absolute atomic E-state index is 0.143. The standard InChI is InChI=1S/C20H24N4S4/c1-25-7-11-3-5-13(9-27-19(21)22)17-15(11)16-12(8-26-2)4-6-14(18(16)17)10-28-20(23)24/h3-6H,7-10H2,1-2H3,(H3,21,22)(H3,23,24). The molecule has 0 unspecified atom stereocenters. The third-order valence-corrected chi connectivity index (χ3v) is 7.35. The quantitative estimate of drug-likeness (QED) is 0.298. The van der Waals surface area contributed by atoms with Crippen molar-refractivity contribution >= 4 is 57.4 Å². The van der Waals surface area contributed by atoms with E-state index in [0.29, 0.717) is 11.5 Å². The van der Waals surface area contributed by atoms with Crippen molar-refractivity contribution < 1.29 is 0 Å². The lowest BCUT2D eigenvalue weighted by molar-refractivity contribution is 1.11. The Morgan fingerprint density at radius 1 is 0.643 bits per heavy atom. The molecule has 6 N–H and O–H groups in total. The molecular weight excluding hydrogens is 425 g/mol. The van der Waals surface area contributed by atoms with Crippen LogP contribution >= 0.6 is 47.0 Å². The fourth-order valence-corrected chi connectivity index (χ4v) is 5.77. The molecule has 0 saturated carbocycles. The maximum absolute atomic E-state index is 7.58. The van der Waals surface area contributed by atoms with Gasteiger partial charge in [0, 0.05) is 23.0 Å². The first kappa shape index (κ1) is 21.5. The number of rotatable bonds is 8. The third kappa shape index (κ3) is 4.35. The highest BCUT2D eigenvalue weighted by Crippen LogP contribution is 2.31. The molecule has 148 valence electrons. The number of nitrogens with two attached hydrogens (primary N) is 2. The van der Waals surface area contributed by atoms with E-state index in [-0.39, 0.29) is 10.3 Å². The Bertz CT molecular complexity index is 1030. The van der Waals surface area contributed by atoms with Gasteiger partial charge in [-0.3, -0.25) is 10.8 Å². The van der Waals surface area contributed by atoms with Crippen LogP contribution in [0.25, 0.3) is 0 Å². The summed E-state index contributed by atoms with van der Waals surface area (Å²) in [5, 5.41) is 20.8. The topological polar surface area (TPSA) is 99.7 Å². The van der Waals surface area contributed by atoms with Gasteiger partial charge in [-0.2, -0.15) is 23.5 Å². The van der Waals surface area contributed by atoms with E-state index in [1.54, 1.807) is 0 Å². The second kappa shape index (κ2) is 9.52. The minimum atomic E-state index is 0.143. The number of nitrogens with one attached hydrogen (secondary N) is 2. The first-order valence-electron chi connectivity index (χ1n) is 8.69. The molecule has 0 amide bonds. The van der Waals surface area contributed by atoms with Gasteiger partial charge in [-0.05, 0) is 55.6 Å². The summed E-state index contributed by atoms with van der Waals surface area (Å²) in [5.74, 6) is 3.35. The Kier molecular flexibility index (Phi) is 7.31. The van der Waals surface area contributed by atoms with Crippen LogP contribution in [-0.4, -0.2) is 22.8 Å². The summed E-state index contributed by atoms with van der Waals surface area (Å²) < 4.78 is 0. The summed E-state index contributed by atoms with van der Waals surface area (Å²) in [6.45, 7) is 0. The number of benzene rings is 2. The lowest BCUT2D eigenvalue weighted by Gasteiger charge is -2.19. The number of hydrogen-bond acceptors (Lipinski definition) is 6.